The molecule has 15 nitrogen and oxygen atoms in total. The Kier molecular flexibility index (Phi) is 17.9. The van der Waals surface area contributed by atoms with Crippen LogP contribution in [0.2, 0.25) is 0 Å². The number of hydrogen-bond donors (Lipinski definition) is 3. The largest absolute Gasteiger partial charge is 0.390 e. The molecule has 0 saturated carbocycles. The van der Waals surface area contributed by atoms with Crippen LogP contribution in [0.5, 0.6) is 0 Å². The molecule has 15 heteroatoms. The van der Waals surface area contributed by atoms with Crippen molar-refractivity contribution in [2.24, 2.45) is 23.7 Å². The molecule has 53 heavy (non-hydrogen) atoms. The van der Waals surface area contributed by atoms with Crippen LogP contribution in [0, 0.1) is 23.7 Å². The van der Waals surface area contributed by atoms with Crippen molar-refractivity contribution in [2.45, 2.75) is 144 Å². The molecule has 0 aliphatic carbocycles. The summed E-state index contributed by atoms with van der Waals surface area (Å²) < 4.78 is 0. The predicted octanol–water partition coefficient (Wildman–Crippen LogP) is 1.32. The van der Waals surface area contributed by atoms with Crippen molar-refractivity contribution in [1.29, 1.82) is 0 Å². The molecule has 0 aromatic carbocycles. The van der Waals surface area contributed by atoms with Crippen LogP contribution in [0.1, 0.15) is 95.4 Å². The second-order valence-electron chi connectivity index (χ2n) is 16.2. The van der Waals surface area contributed by atoms with Crippen molar-refractivity contribution in [3.8, 4) is 0 Å². The molecule has 0 radical (unpaired) electrons. The number of amides is 7. The second kappa shape index (κ2) is 20.1. The summed E-state index contributed by atoms with van der Waals surface area (Å²) >= 11 is 0. The van der Waals surface area contributed by atoms with Gasteiger partial charge in [-0.25, -0.2) is 0 Å². The van der Waals surface area contributed by atoms with E-state index in [0.717, 1.165) is 4.90 Å². The van der Waals surface area contributed by atoms with Gasteiger partial charge in [0.15, 0.2) is 0 Å². The van der Waals surface area contributed by atoms with Crippen LogP contribution in [-0.4, -0.2) is 155 Å². The SMILES string of the molecule is CC[C@H](C)[C@H]1NC(=O)[C@@H]([C@H](O)C(C)C)N(C)C(=O)[C@@H](C)N(C)C(=O)[C@H](C)N(C)C(=O)[C@H](CC(C)C)NC(=O)[C@H](CC(C)C)N(C)C(=O)[C@H](C)N(C)C1=O. The van der Waals surface area contributed by atoms with Gasteiger partial charge in [-0.05, 0) is 57.3 Å². The van der Waals surface area contributed by atoms with E-state index >= 15 is 0 Å². The molecule has 1 fully saturated rings. The Hall–Kier alpha value is -3.75. The molecule has 9 atom stereocenters. The molecule has 304 valence electrons. The van der Waals surface area contributed by atoms with Crippen LogP contribution in [0.15, 0.2) is 0 Å². The summed E-state index contributed by atoms with van der Waals surface area (Å²) in [6, 6.07) is -7.83. The van der Waals surface area contributed by atoms with Crippen LogP contribution >= 0.6 is 0 Å². The summed E-state index contributed by atoms with van der Waals surface area (Å²) in [4.78, 5) is 104. The molecule has 7 amide bonds. The molecule has 0 aromatic rings. The summed E-state index contributed by atoms with van der Waals surface area (Å²) in [5.41, 5.74) is 0. The van der Waals surface area contributed by atoms with Crippen LogP contribution < -0.4 is 10.6 Å². The van der Waals surface area contributed by atoms with Crippen LogP contribution in [-0.2, 0) is 33.6 Å². The van der Waals surface area contributed by atoms with Gasteiger partial charge in [-0.3, -0.25) is 33.6 Å². The first kappa shape index (κ1) is 47.3. The maximum Gasteiger partial charge on any atom is 0.246 e. The number of aliphatic hydroxyl groups excluding tert-OH is 1. The number of carbonyl (C=O) groups is 7. The van der Waals surface area contributed by atoms with Gasteiger partial charge in [0, 0.05) is 35.2 Å². The minimum Gasteiger partial charge on any atom is -0.390 e. The molecule has 0 unspecified atom stereocenters. The Labute approximate surface area is 317 Å². The van der Waals surface area contributed by atoms with Crippen LogP contribution in [0.25, 0.3) is 0 Å². The van der Waals surface area contributed by atoms with Crippen molar-refractivity contribution >= 4 is 41.4 Å². The normalized spacial score (nSPS) is 28.5. The Morgan fingerprint density at radius 3 is 1.42 bits per heavy atom. The Morgan fingerprint density at radius 1 is 0.566 bits per heavy atom. The smallest absolute Gasteiger partial charge is 0.246 e. The number of rotatable bonds is 8. The first-order valence-corrected chi connectivity index (χ1v) is 19.0. The van der Waals surface area contributed by atoms with Gasteiger partial charge >= 0.3 is 0 Å². The fourth-order valence-electron chi connectivity index (χ4n) is 6.40. The molecular weight excluding hydrogens is 682 g/mol. The zero-order chi connectivity index (χ0) is 41.4. The van der Waals surface area contributed by atoms with Gasteiger partial charge in [0.25, 0.3) is 0 Å². The van der Waals surface area contributed by atoms with E-state index < -0.39 is 102 Å². The first-order valence-electron chi connectivity index (χ1n) is 19.0. The van der Waals surface area contributed by atoms with Gasteiger partial charge in [0.1, 0.15) is 42.3 Å². The summed E-state index contributed by atoms with van der Waals surface area (Å²) in [6.45, 7) is 19.2. The lowest BCUT2D eigenvalue weighted by Crippen LogP contribution is -2.63. The number of likely N-dealkylation sites (N-methyl/N-ethyl adjacent to an activating group) is 5. The molecule has 0 aromatic heterocycles. The van der Waals surface area contributed by atoms with Crippen LogP contribution in [0.3, 0.4) is 0 Å². The third-order valence-corrected chi connectivity index (χ3v) is 10.8. The standard InChI is InChI=1S/C38H69N7O8/c1-17-23(8)29-38(53)43(14)25(10)35(50)44(15)28(19-21(4)5)32(47)39-27(18-20(2)3)37(52)42(13)24(9)34(49)41(12)26(11)36(51)45(16)30(33(48)40-29)31(46)22(6)7/h20-31,46H,17-19H2,1-16H3,(H,39,47)(H,40,48)/t23-,24-,25-,26+,27-,28-,29+,30+,31+/m0/s1. The highest BCUT2D eigenvalue weighted by molar-refractivity contribution is 5.98. The average molecular weight is 752 g/mol. The molecule has 1 heterocycles. The maximum absolute atomic E-state index is 14.2. The van der Waals surface area contributed by atoms with Gasteiger partial charge in [-0.15, -0.1) is 0 Å². The van der Waals surface area contributed by atoms with E-state index in [1.807, 2.05) is 34.6 Å². The Bertz CT molecular complexity index is 1320. The summed E-state index contributed by atoms with van der Waals surface area (Å²) in [5.74, 6) is -5.11. The third-order valence-electron chi connectivity index (χ3n) is 10.8. The lowest BCUT2D eigenvalue weighted by atomic mass is 9.94. The van der Waals surface area contributed by atoms with E-state index in [1.54, 1.807) is 27.7 Å². The quantitative estimate of drug-likeness (QED) is 0.332. The molecule has 1 saturated heterocycles. The minimum atomic E-state index is -1.44. The highest BCUT2D eigenvalue weighted by Gasteiger charge is 2.43. The van der Waals surface area contributed by atoms with Gasteiger partial charge < -0.3 is 40.2 Å². The summed E-state index contributed by atoms with van der Waals surface area (Å²) in [7, 11) is 7.17. The Morgan fingerprint density at radius 2 is 0.981 bits per heavy atom. The van der Waals surface area contributed by atoms with Gasteiger partial charge in [-0.2, -0.15) is 0 Å². The van der Waals surface area contributed by atoms with Crippen molar-refractivity contribution in [3.63, 3.8) is 0 Å². The highest BCUT2D eigenvalue weighted by Crippen LogP contribution is 2.21. The van der Waals surface area contributed by atoms with Gasteiger partial charge in [0.2, 0.25) is 41.4 Å². The third kappa shape index (κ3) is 11.6. The van der Waals surface area contributed by atoms with Crippen LogP contribution in [0.4, 0.5) is 0 Å². The minimum absolute atomic E-state index is 0.0257. The van der Waals surface area contributed by atoms with Gasteiger partial charge in [-0.1, -0.05) is 61.8 Å². The summed E-state index contributed by atoms with van der Waals surface area (Å²) in [5, 5.41) is 16.9. The first-order chi connectivity index (χ1) is 24.3. The average Bonchev–Trinajstić information content (AvgIpc) is 3.10. The number of nitrogens with zero attached hydrogens (tertiary/aromatic N) is 5. The molecule has 3 N–H and O–H groups in total. The molecule has 1 rings (SSSR count). The second-order valence-corrected chi connectivity index (χ2v) is 16.2. The Balaban J connectivity index is 4.00. The van der Waals surface area contributed by atoms with E-state index in [4.69, 9.17) is 0 Å². The molecule has 0 bridgehead atoms. The number of carbonyl (C=O) groups excluding carboxylic acids is 7. The van der Waals surface area contributed by atoms with E-state index in [0.29, 0.717) is 6.42 Å². The van der Waals surface area contributed by atoms with E-state index in [2.05, 4.69) is 10.6 Å². The number of nitrogens with one attached hydrogen (secondary N) is 2. The number of aliphatic hydroxyl groups is 1. The van der Waals surface area contributed by atoms with E-state index in [9.17, 15) is 38.7 Å². The fourth-order valence-corrected chi connectivity index (χ4v) is 6.40. The van der Waals surface area contributed by atoms with Crippen molar-refractivity contribution < 1.29 is 38.7 Å². The van der Waals surface area contributed by atoms with Gasteiger partial charge in [0.05, 0.1) is 6.10 Å². The lowest BCUT2D eigenvalue weighted by molar-refractivity contribution is -0.154. The monoisotopic (exact) mass is 752 g/mol. The zero-order valence-corrected chi connectivity index (χ0v) is 35.1. The molecule has 0 spiro atoms. The fraction of sp³-hybridized carbons (Fsp3) is 0.816. The predicted molar refractivity (Wildman–Crippen MR) is 203 cm³/mol. The topological polar surface area (TPSA) is 180 Å². The van der Waals surface area contributed by atoms with E-state index in [-0.39, 0.29) is 24.7 Å². The van der Waals surface area contributed by atoms with Crippen molar-refractivity contribution in [2.75, 3.05) is 35.2 Å². The highest BCUT2D eigenvalue weighted by atomic mass is 16.3. The maximum atomic E-state index is 14.2. The lowest BCUT2D eigenvalue weighted by Gasteiger charge is -2.38. The summed E-state index contributed by atoms with van der Waals surface area (Å²) in [6.07, 6.45) is -0.353. The van der Waals surface area contributed by atoms with Crippen molar-refractivity contribution in [1.82, 2.24) is 35.1 Å². The molecule has 1 aliphatic heterocycles. The number of hydrogen-bond acceptors (Lipinski definition) is 8. The molecule has 1 aliphatic rings. The zero-order valence-electron chi connectivity index (χ0n) is 35.1. The van der Waals surface area contributed by atoms with E-state index in [1.165, 1.54) is 68.7 Å². The van der Waals surface area contributed by atoms with Crippen molar-refractivity contribution in [3.05, 3.63) is 0 Å². The molecular formula is C38H69N7O8.